The summed E-state index contributed by atoms with van der Waals surface area (Å²) in [5, 5.41) is 2.23. The largest absolute Gasteiger partial charge is 1.00 e. The van der Waals surface area contributed by atoms with E-state index in [-0.39, 0.29) is 17.0 Å². The van der Waals surface area contributed by atoms with Crippen molar-refractivity contribution in [3.05, 3.63) is 121 Å². The van der Waals surface area contributed by atoms with Crippen molar-refractivity contribution < 1.29 is 21.5 Å². The van der Waals surface area contributed by atoms with Crippen molar-refractivity contribution in [2.24, 2.45) is 0 Å². The first-order valence-electron chi connectivity index (χ1n) is 25.8. The number of halogens is 2. The Kier molecular flexibility index (Phi) is 31.4. The molecule has 4 heteroatoms. The molecule has 0 saturated carbocycles. The van der Waals surface area contributed by atoms with Gasteiger partial charge in [-0.05, 0) is 51.4 Å². The second-order valence-corrected chi connectivity index (χ2v) is 26.7. The summed E-state index contributed by atoms with van der Waals surface area (Å²) in [7, 11) is 0. The van der Waals surface area contributed by atoms with E-state index in [0.29, 0.717) is 0 Å². The zero-order valence-electron chi connectivity index (χ0n) is 40.4. The molecule has 0 spiro atoms. The monoisotopic (exact) mass is 992 g/mol. The van der Waals surface area contributed by atoms with Crippen LogP contribution in [0.5, 0.6) is 0 Å². The predicted molar refractivity (Wildman–Crippen MR) is 283 cm³/mol. The molecule has 0 radical (unpaired) electrons. The molecule has 0 aliphatic rings. The molecule has 4 rings (SSSR count). The molecule has 0 aliphatic heterocycles. The van der Waals surface area contributed by atoms with E-state index in [1.165, 1.54) is 219 Å². The number of nitrogens with zero attached hydrogens (tertiary/aromatic N) is 1. The number of hydrogen-bond donors (Lipinski definition) is 0. The molecule has 0 atom stereocenters. The van der Waals surface area contributed by atoms with Crippen molar-refractivity contribution in [2.45, 2.75) is 195 Å². The smallest absolute Gasteiger partial charge is 0.0786 e. The average Bonchev–Trinajstić information content (AvgIpc) is 3.32. The Labute approximate surface area is 403 Å². The maximum absolute atomic E-state index is 4.46. The van der Waals surface area contributed by atoms with E-state index in [2.05, 4.69) is 165 Å². The van der Waals surface area contributed by atoms with E-state index < -0.39 is 5.31 Å². The molecule has 0 unspecified atom stereocenters. The fraction of sp³-hybridized carbons (Fsp3) is 0.586. The maximum atomic E-state index is 4.46. The van der Waals surface area contributed by atoms with E-state index >= 15 is 0 Å². The number of unbranched alkanes of at least 4 members (excludes halogenated alkanes) is 22. The first-order valence-corrected chi connectivity index (χ1v) is 30.1. The third kappa shape index (κ3) is 19.0. The fourth-order valence-corrected chi connectivity index (χ4v) is 17.2. The molecular formula is C58H92Br2NP. The van der Waals surface area contributed by atoms with Crippen molar-refractivity contribution in [3.63, 3.8) is 0 Å². The Hall–Kier alpha value is -1.77. The summed E-state index contributed by atoms with van der Waals surface area (Å²) in [6.45, 7) is 15.3. The molecule has 0 saturated heterocycles. The molecule has 0 aliphatic carbocycles. The van der Waals surface area contributed by atoms with Gasteiger partial charge in [-0.1, -0.05) is 143 Å². The van der Waals surface area contributed by atoms with Gasteiger partial charge in [0.2, 0.25) is 0 Å². The summed E-state index contributed by atoms with van der Waals surface area (Å²) < 4.78 is 1.47. The number of rotatable bonds is 34. The van der Waals surface area contributed by atoms with Gasteiger partial charge in [-0.15, -0.1) is 0 Å². The van der Waals surface area contributed by atoms with Crippen LogP contribution in [0.4, 0.5) is 0 Å². The van der Waals surface area contributed by atoms with Crippen molar-refractivity contribution in [3.8, 4) is 0 Å². The summed E-state index contributed by atoms with van der Waals surface area (Å²) in [5.41, 5.74) is 0. The minimum atomic E-state index is -3.00. The van der Waals surface area contributed by atoms with Crippen LogP contribution in [0.3, 0.4) is 0 Å². The van der Waals surface area contributed by atoms with Gasteiger partial charge in [0.1, 0.15) is 0 Å². The van der Waals surface area contributed by atoms with Crippen LogP contribution in [-0.2, 0) is 0 Å². The van der Waals surface area contributed by atoms with Gasteiger partial charge < -0.3 is 21.5 Å². The Morgan fingerprint density at radius 3 is 0.677 bits per heavy atom. The van der Waals surface area contributed by atoms with E-state index in [9.17, 15) is 0 Å². The number of quaternary nitrogens is 1. The quantitative estimate of drug-likeness (QED) is 0.0249. The van der Waals surface area contributed by atoms with Crippen LogP contribution in [-0.4, -0.2) is 30.7 Å². The van der Waals surface area contributed by atoms with Crippen LogP contribution >= 0.6 is 20.8 Å². The van der Waals surface area contributed by atoms with Crippen LogP contribution in [0, 0.1) is 0 Å². The number of hydrogen-bond acceptors (Lipinski definition) is 0. The molecule has 62 heavy (non-hydrogen) atoms. The van der Waals surface area contributed by atoms with Gasteiger partial charge in [0.25, 0.3) is 0 Å². The molecular weight excluding hydrogens is 901 g/mol. The van der Waals surface area contributed by atoms with Crippen LogP contribution < -0.4 is 38.2 Å². The van der Waals surface area contributed by atoms with Gasteiger partial charge in [0, 0.05) is 0 Å². The Morgan fingerprint density at radius 2 is 0.468 bits per heavy atom. The molecule has 4 aromatic rings. The zero-order chi connectivity index (χ0) is 43.6. The van der Waals surface area contributed by atoms with Crippen LogP contribution in [0.15, 0.2) is 121 Å². The molecule has 0 heterocycles. The summed E-state index contributed by atoms with van der Waals surface area (Å²) >= 11 is 4.46. The van der Waals surface area contributed by atoms with Crippen LogP contribution in [0.1, 0.15) is 195 Å². The normalized spacial score (nSPS) is 12.2. The number of benzene rings is 4. The molecule has 0 amide bonds. The first-order chi connectivity index (χ1) is 30.0. The molecule has 4 aromatic carbocycles. The first kappa shape index (κ1) is 56.4. The molecule has 0 N–H and O–H groups in total. The second kappa shape index (κ2) is 34.6. The van der Waals surface area contributed by atoms with Crippen molar-refractivity contribution in [2.75, 3.05) is 26.2 Å². The SMILES string of the molecule is BrP(c1ccccc1)(c1ccccc1)(c1ccccc1)c1ccccc1.CCCCCCCCCCCCCCCC[N+](CCCCCC)(CCCCCC)CCCCCC.[Br-]. The van der Waals surface area contributed by atoms with Crippen molar-refractivity contribution in [1.82, 2.24) is 0 Å². The Balaban J connectivity index is 0.000000434. The summed E-state index contributed by atoms with van der Waals surface area (Å²) in [6.07, 6.45) is 37.8. The van der Waals surface area contributed by atoms with Crippen molar-refractivity contribution in [1.29, 1.82) is 0 Å². The maximum Gasteiger partial charge on any atom is 0.0786 e. The Bertz CT molecular complexity index is 1380. The zero-order valence-corrected chi connectivity index (χ0v) is 44.5. The summed E-state index contributed by atoms with van der Waals surface area (Å²) in [6, 6.07) is 43.4. The molecule has 1 nitrogen and oxygen atoms in total. The standard InChI is InChI=1S/C34H72N.C24H20BrP.BrH/c1-5-9-13-17-18-19-20-21-22-23-24-25-26-30-34-35(31-27-14-10-6-2,32-28-15-11-7-3)33-29-16-12-8-4;25-26(21-13-5-1-6-14-21,22-15-7-2-8-16-22,23-17-9-3-10-18-23)24-19-11-4-12-20-24;/h5-34H2,1-4H3;1-20H;1H/q+1;;/p-1. The third-order valence-corrected chi connectivity index (χ3v) is 23.4. The fourth-order valence-electron chi connectivity index (χ4n) is 9.66. The van der Waals surface area contributed by atoms with E-state index in [1.807, 2.05) is 0 Å². The van der Waals surface area contributed by atoms with Gasteiger partial charge in [0.05, 0.1) is 26.2 Å². The van der Waals surface area contributed by atoms with E-state index in [4.69, 9.17) is 0 Å². The molecule has 0 bridgehead atoms. The van der Waals surface area contributed by atoms with Crippen molar-refractivity contribution >= 4 is 42.0 Å². The van der Waals surface area contributed by atoms with Gasteiger partial charge in [0.15, 0.2) is 0 Å². The molecule has 348 valence electrons. The molecule has 0 fully saturated rings. The topological polar surface area (TPSA) is 0 Å². The second-order valence-electron chi connectivity index (χ2n) is 18.4. The van der Waals surface area contributed by atoms with Gasteiger partial charge in [-0.25, -0.2) is 0 Å². The van der Waals surface area contributed by atoms with Gasteiger partial charge >= 0.3 is 163 Å². The predicted octanol–water partition coefficient (Wildman–Crippen LogP) is 14.2. The van der Waals surface area contributed by atoms with E-state index in [0.717, 1.165) is 0 Å². The molecule has 0 aromatic heterocycles. The third-order valence-electron chi connectivity index (χ3n) is 13.4. The minimum Gasteiger partial charge on any atom is -1.00 e. The van der Waals surface area contributed by atoms with Crippen LogP contribution in [0.2, 0.25) is 0 Å². The summed E-state index contributed by atoms with van der Waals surface area (Å²) in [5.74, 6) is 0. The summed E-state index contributed by atoms with van der Waals surface area (Å²) in [4.78, 5) is 0. The van der Waals surface area contributed by atoms with Gasteiger partial charge in [-0.3, -0.25) is 0 Å². The Morgan fingerprint density at radius 1 is 0.290 bits per heavy atom. The average molecular weight is 994 g/mol. The van der Waals surface area contributed by atoms with Gasteiger partial charge in [-0.2, -0.15) is 0 Å². The van der Waals surface area contributed by atoms with E-state index in [1.54, 1.807) is 0 Å². The van der Waals surface area contributed by atoms with Crippen LogP contribution in [0.25, 0.3) is 0 Å². The minimum absolute atomic E-state index is 0.